The zero-order chi connectivity index (χ0) is 22.4. The predicted octanol–water partition coefficient (Wildman–Crippen LogP) is 6.30. The molecule has 0 spiro atoms. The average molecular weight is 566 g/mol. The molecule has 0 radical (unpaired) electrons. The molecule has 0 aliphatic heterocycles. The highest BCUT2D eigenvalue weighted by Crippen LogP contribution is 2.36. The van der Waals surface area contributed by atoms with Crippen LogP contribution < -0.4 is 10.1 Å². The van der Waals surface area contributed by atoms with E-state index in [1.807, 2.05) is 12.1 Å². The Hall–Kier alpha value is -2.61. The molecule has 0 saturated carbocycles. The molecular weight excluding hydrogens is 550 g/mol. The first-order chi connectivity index (χ1) is 14.8. The van der Waals surface area contributed by atoms with E-state index in [2.05, 4.69) is 37.2 Å². The zero-order valence-electron chi connectivity index (χ0n) is 15.9. The monoisotopic (exact) mass is 563 g/mol. The smallest absolute Gasteiger partial charge is 0.352 e. The molecule has 0 aromatic heterocycles. The van der Waals surface area contributed by atoms with Crippen LogP contribution in [0.2, 0.25) is 5.02 Å². The van der Waals surface area contributed by atoms with Crippen molar-refractivity contribution in [2.24, 2.45) is 0 Å². The Kier molecular flexibility index (Phi) is 7.90. The number of hydrogen-bond acceptors (Lipinski definition) is 3. The van der Waals surface area contributed by atoms with Gasteiger partial charge in [0.1, 0.15) is 18.1 Å². The number of carboxylic acid groups (broad SMARTS) is 1. The molecule has 3 rings (SSSR count). The third kappa shape index (κ3) is 6.43. The molecule has 0 bridgehead atoms. The van der Waals surface area contributed by atoms with Gasteiger partial charge in [0.15, 0.2) is 0 Å². The van der Waals surface area contributed by atoms with Crippen LogP contribution in [0.5, 0.6) is 5.75 Å². The van der Waals surface area contributed by atoms with Gasteiger partial charge < -0.3 is 15.2 Å². The molecule has 0 unspecified atom stereocenters. The van der Waals surface area contributed by atoms with Crippen LogP contribution in [-0.2, 0) is 11.4 Å². The van der Waals surface area contributed by atoms with Crippen LogP contribution in [0.25, 0.3) is 6.08 Å². The van der Waals surface area contributed by atoms with Gasteiger partial charge in [-0.15, -0.1) is 0 Å². The maximum Gasteiger partial charge on any atom is 0.352 e. The molecule has 158 valence electrons. The fourth-order valence-corrected chi connectivity index (χ4v) is 4.22. The predicted molar refractivity (Wildman–Crippen MR) is 127 cm³/mol. The second kappa shape index (κ2) is 10.6. The van der Waals surface area contributed by atoms with Crippen molar-refractivity contribution < 1.29 is 19.4 Å². The number of amides is 1. The van der Waals surface area contributed by atoms with Crippen molar-refractivity contribution in [1.29, 1.82) is 0 Å². The van der Waals surface area contributed by atoms with E-state index in [1.165, 1.54) is 6.08 Å². The number of ether oxygens (including phenoxy) is 1. The van der Waals surface area contributed by atoms with E-state index >= 15 is 0 Å². The molecule has 2 N–H and O–H groups in total. The quantitative estimate of drug-likeness (QED) is 0.330. The van der Waals surface area contributed by atoms with Gasteiger partial charge >= 0.3 is 5.97 Å². The summed E-state index contributed by atoms with van der Waals surface area (Å²) in [4.78, 5) is 24.0. The van der Waals surface area contributed by atoms with Crippen LogP contribution in [-0.4, -0.2) is 17.0 Å². The van der Waals surface area contributed by atoms with Crippen molar-refractivity contribution >= 4 is 61.4 Å². The summed E-state index contributed by atoms with van der Waals surface area (Å²) >= 11 is 12.8. The highest BCUT2D eigenvalue weighted by Gasteiger charge is 2.15. The van der Waals surface area contributed by atoms with Crippen LogP contribution in [0.15, 0.2) is 81.4 Å². The topological polar surface area (TPSA) is 75.6 Å². The number of carboxylic acids is 1. The van der Waals surface area contributed by atoms with Crippen LogP contribution in [0.3, 0.4) is 0 Å². The lowest BCUT2D eigenvalue weighted by atomic mass is 10.1. The summed E-state index contributed by atoms with van der Waals surface area (Å²) in [6.07, 6.45) is 1.38. The van der Waals surface area contributed by atoms with Crippen molar-refractivity contribution in [2.45, 2.75) is 6.61 Å². The van der Waals surface area contributed by atoms with Crippen molar-refractivity contribution in [2.75, 3.05) is 0 Å². The third-order valence-electron chi connectivity index (χ3n) is 4.14. The van der Waals surface area contributed by atoms with Crippen molar-refractivity contribution in [3.63, 3.8) is 0 Å². The van der Waals surface area contributed by atoms with Crippen LogP contribution in [0, 0.1) is 0 Å². The largest absolute Gasteiger partial charge is 0.487 e. The third-order valence-corrected chi connectivity index (χ3v) is 5.57. The van der Waals surface area contributed by atoms with E-state index in [-0.39, 0.29) is 5.70 Å². The van der Waals surface area contributed by atoms with Gasteiger partial charge in [-0.05, 0) is 85.5 Å². The van der Waals surface area contributed by atoms with Gasteiger partial charge in [-0.2, -0.15) is 0 Å². The number of rotatable bonds is 7. The minimum Gasteiger partial charge on any atom is -0.487 e. The van der Waals surface area contributed by atoms with Gasteiger partial charge in [0.25, 0.3) is 5.91 Å². The normalized spacial score (nSPS) is 11.1. The molecule has 1 amide bonds. The molecule has 0 atom stereocenters. The maximum atomic E-state index is 12.3. The Balaban J connectivity index is 1.79. The first-order valence-corrected chi connectivity index (χ1v) is 11.0. The van der Waals surface area contributed by atoms with Crippen LogP contribution in [0.1, 0.15) is 21.5 Å². The molecule has 0 aliphatic carbocycles. The standard InChI is InChI=1S/C23H16Br2ClNO4/c24-18-10-15(11-19(25)21(18)31-13-14-6-8-17(26)9-7-14)12-20(23(29)30)27-22(28)16-4-2-1-3-5-16/h1-12H,13H2,(H,27,28)(H,29,30)/b20-12+. The van der Waals surface area contributed by atoms with Gasteiger partial charge in [0.2, 0.25) is 0 Å². The van der Waals surface area contributed by atoms with Gasteiger partial charge in [-0.3, -0.25) is 4.79 Å². The molecular formula is C23H16Br2ClNO4. The molecule has 3 aromatic rings. The second-order valence-electron chi connectivity index (χ2n) is 6.41. The molecule has 0 fully saturated rings. The zero-order valence-corrected chi connectivity index (χ0v) is 19.9. The van der Waals surface area contributed by atoms with Crippen molar-refractivity contribution in [3.8, 4) is 5.75 Å². The number of carbonyl (C=O) groups is 2. The summed E-state index contributed by atoms with van der Waals surface area (Å²) in [5.41, 5.74) is 1.62. The number of nitrogens with one attached hydrogen (secondary N) is 1. The number of benzene rings is 3. The maximum absolute atomic E-state index is 12.3. The fraction of sp³-hybridized carbons (Fsp3) is 0.0435. The minimum atomic E-state index is -1.25. The Morgan fingerprint density at radius 3 is 2.19 bits per heavy atom. The first kappa shape index (κ1) is 23.1. The Morgan fingerprint density at radius 2 is 1.61 bits per heavy atom. The highest BCUT2D eigenvalue weighted by molar-refractivity contribution is 9.11. The molecule has 8 heteroatoms. The van der Waals surface area contributed by atoms with Crippen LogP contribution >= 0.6 is 43.5 Å². The fourth-order valence-electron chi connectivity index (χ4n) is 2.64. The van der Waals surface area contributed by atoms with Crippen molar-refractivity contribution in [3.05, 3.63) is 103 Å². The highest BCUT2D eigenvalue weighted by atomic mass is 79.9. The summed E-state index contributed by atoms with van der Waals surface area (Å²) in [5, 5.41) is 12.6. The lowest BCUT2D eigenvalue weighted by molar-refractivity contribution is -0.132. The van der Waals surface area contributed by atoms with E-state index < -0.39 is 11.9 Å². The van der Waals surface area contributed by atoms with E-state index in [0.29, 0.717) is 37.5 Å². The number of halogens is 3. The average Bonchev–Trinajstić information content (AvgIpc) is 2.74. The summed E-state index contributed by atoms with van der Waals surface area (Å²) in [6, 6.07) is 19.1. The van der Waals surface area contributed by atoms with Gasteiger partial charge in [-0.25, -0.2) is 4.79 Å². The van der Waals surface area contributed by atoms with Gasteiger partial charge in [0, 0.05) is 10.6 Å². The Morgan fingerprint density at radius 1 is 1.00 bits per heavy atom. The van der Waals surface area contributed by atoms with Crippen LogP contribution in [0.4, 0.5) is 0 Å². The Bertz CT molecular complexity index is 1110. The van der Waals surface area contributed by atoms with Gasteiger partial charge in [0.05, 0.1) is 8.95 Å². The first-order valence-electron chi connectivity index (χ1n) is 9.01. The van der Waals surface area contributed by atoms with E-state index in [1.54, 1.807) is 54.6 Å². The molecule has 0 heterocycles. The lowest BCUT2D eigenvalue weighted by Gasteiger charge is -2.12. The molecule has 0 saturated heterocycles. The molecule has 3 aromatic carbocycles. The summed E-state index contributed by atoms with van der Waals surface area (Å²) < 4.78 is 7.13. The molecule has 5 nitrogen and oxygen atoms in total. The number of carbonyl (C=O) groups excluding carboxylic acids is 1. The van der Waals surface area contributed by atoms with E-state index in [0.717, 1.165) is 5.56 Å². The van der Waals surface area contributed by atoms with Crippen molar-refractivity contribution in [1.82, 2.24) is 5.32 Å². The molecule has 31 heavy (non-hydrogen) atoms. The summed E-state index contributed by atoms with van der Waals surface area (Å²) in [7, 11) is 0. The van der Waals surface area contributed by atoms with E-state index in [9.17, 15) is 14.7 Å². The van der Waals surface area contributed by atoms with E-state index in [4.69, 9.17) is 16.3 Å². The number of hydrogen-bond donors (Lipinski definition) is 2. The Labute approximate surface area is 200 Å². The summed E-state index contributed by atoms with van der Waals surface area (Å²) in [5.74, 6) is -1.19. The minimum absolute atomic E-state index is 0.248. The summed E-state index contributed by atoms with van der Waals surface area (Å²) in [6.45, 7) is 0.330. The van der Waals surface area contributed by atoms with Gasteiger partial charge in [-0.1, -0.05) is 41.9 Å². The molecule has 0 aliphatic rings. The lowest BCUT2D eigenvalue weighted by Crippen LogP contribution is -2.27. The SMILES string of the molecule is O=C(O)/C(=C\c1cc(Br)c(OCc2ccc(Cl)cc2)c(Br)c1)NC(=O)c1ccccc1. The number of aliphatic carboxylic acids is 1. The second-order valence-corrected chi connectivity index (χ2v) is 8.56.